The van der Waals surface area contributed by atoms with Gasteiger partial charge in [-0.05, 0) is 64.6 Å². The van der Waals surface area contributed by atoms with Gasteiger partial charge in [0.1, 0.15) is 5.75 Å². The summed E-state index contributed by atoms with van der Waals surface area (Å²) in [5, 5.41) is 3.59. The summed E-state index contributed by atoms with van der Waals surface area (Å²) in [6.45, 7) is 3.16. The van der Waals surface area contributed by atoms with Crippen molar-refractivity contribution in [3.8, 4) is 5.75 Å². The Balaban J connectivity index is 2.18. The number of furan rings is 1. The highest BCUT2D eigenvalue weighted by atomic mass is 79.9. The monoisotopic (exact) mass is 337 g/mol. The molecule has 0 amide bonds. The molecule has 0 saturated heterocycles. The highest BCUT2D eigenvalue weighted by Crippen LogP contribution is 2.29. The summed E-state index contributed by atoms with van der Waals surface area (Å²) in [6.07, 6.45) is 5.55. The summed E-state index contributed by atoms with van der Waals surface area (Å²) in [5.74, 6) is 0.853. The van der Waals surface area contributed by atoms with Crippen LogP contribution in [0.15, 0.2) is 45.7 Å². The van der Waals surface area contributed by atoms with Gasteiger partial charge in [0.2, 0.25) is 0 Å². The fourth-order valence-corrected chi connectivity index (χ4v) is 2.73. The Kier molecular flexibility index (Phi) is 5.68. The van der Waals surface area contributed by atoms with Crippen molar-refractivity contribution in [3.05, 3.63) is 52.4 Å². The Morgan fingerprint density at radius 3 is 2.80 bits per heavy atom. The Bertz CT molecular complexity index is 525. The summed E-state index contributed by atoms with van der Waals surface area (Å²) in [7, 11) is 1.68. The molecule has 108 valence electrons. The van der Waals surface area contributed by atoms with Crippen molar-refractivity contribution in [1.29, 1.82) is 0 Å². The minimum Gasteiger partial charge on any atom is -0.496 e. The number of hydrogen-bond donors (Lipinski definition) is 1. The van der Waals surface area contributed by atoms with E-state index in [9.17, 15) is 0 Å². The van der Waals surface area contributed by atoms with Crippen molar-refractivity contribution in [2.45, 2.75) is 25.8 Å². The van der Waals surface area contributed by atoms with E-state index in [4.69, 9.17) is 9.15 Å². The number of benzene rings is 1. The number of rotatable bonds is 7. The second-order valence-electron chi connectivity index (χ2n) is 4.74. The maximum Gasteiger partial charge on any atom is 0.133 e. The van der Waals surface area contributed by atoms with Gasteiger partial charge in [-0.3, -0.25) is 0 Å². The van der Waals surface area contributed by atoms with E-state index < -0.39 is 0 Å². The topological polar surface area (TPSA) is 34.4 Å². The summed E-state index contributed by atoms with van der Waals surface area (Å²) in [5.41, 5.74) is 2.44. The van der Waals surface area contributed by atoms with Gasteiger partial charge in [-0.15, -0.1) is 0 Å². The lowest BCUT2D eigenvalue weighted by atomic mass is 10.00. The molecule has 0 radical (unpaired) electrons. The molecule has 1 atom stereocenters. The molecule has 0 bridgehead atoms. The molecule has 2 rings (SSSR count). The average molecular weight is 338 g/mol. The van der Waals surface area contributed by atoms with Gasteiger partial charge in [-0.1, -0.05) is 13.0 Å². The lowest BCUT2D eigenvalue weighted by Gasteiger charge is -2.19. The van der Waals surface area contributed by atoms with Gasteiger partial charge in [0, 0.05) is 6.04 Å². The zero-order valence-electron chi connectivity index (χ0n) is 11.9. The average Bonchev–Trinajstić information content (AvgIpc) is 2.96. The molecule has 1 aromatic carbocycles. The molecule has 0 aliphatic heterocycles. The SMILES string of the molecule is CCCNC(Cc1ccoc1)c1ccc(OC)c(Br)c1. The molecular weight excluding hydrogens is 318 g/mol. The Morgan fingerprint density at radius 1 is 1.35 bits per heavy atom. The van der Waals surface area contributed by atoms with E-state index in [2.05, 4.69) is 40.3 Å². The van der Waals surface area contributed by atoms with Gasteiger partial charge in [0.15, 0.2) is 0 Å². The minimum atomic E-state index is 0.273. The van der Waals surface area contributed by atoms with Crippen LogP contribution < -0.4 is 10.1 Å². The molecular formula is C16H20BrNO2. The molecule has 0 aliphatic rings. The van der Waals surface area contributed by atoms with E-state index in [1.165, 1.54) is 11.1 Å². The smallest absolute Gasteiger partial charge is 0.133 e. The molecule has 1 heterocycles. The summed E-state index contributed by atoms with van der Waals surface area (Å²) in [4.78, 5) is 0. The molecule has 2 aromatic rings. The Morgan fingerprint density at radius 2 is 2.20 bits per heavy atom. The summed E-state index contributed by atoms with van der Waals surface area (Å²) >= 11 is 3.55. The van der Waals surface area contributed by atoms with E-state index in [1.54, 1.807) is 19.6 Å². The van der Waals surface area contributed by atoms with Crippen LogP contribution >= 0.6 is 15.9 Å². The fraction of sp³-hybridized carbons (Fsp3) is 0.375. The molecule has 0 saturated carbocycles. The minimum absolute atomic E-state index is 0.273. The van der Waals surface area contributed by atoms with Crippen molar-refractivity contribution in [2.24, 2.45) is 0 Å². The first kappa shape index (κ1) is 15.1. The molecule has 4 heteroatoms. The molecule has 0 aliphatic carbocycles. The molecule has 0 fully saturated rings. The van der Waals surface area contributed by atoms with Crippen molar-refractivity contribution in [2.75, 3.05) is 13.7 Å². The lowest BCUT2D eigenvalue weighted by Crippen LogP contribution is -2.24. The van der Waals surface area contributed by atoms with Crippen LogP contribution in [0.4, 0.5) is 0 Å². The van der Waals surface area contributed by atoms with Gasteiger partial charge in [-0.2, -0.15) is 0 Å². The van der Waals surface area contributed by atoms with Crippen molar-refractivity contribution in [1.82, 2.24) is 5.32 Å². The number of methoxy groups -OCH3 is 1. The zero-order chi connectivity index (χ0) is 14.4. The van der Waals surface area contributed by atoms with Crippen LogP contribution in [-0.4, -0.2) is 13.7 Å². The van der Waals surface area contributed by atoms with E-state index in [1.807, 2.05) is 12.1 Å². The maximum absolute atomic E-state index is 5.28. The van der Waals surface area contributed by atoms with Crippen molar-refractivity contribution in [3.63, 3.8) is 0 Å². The van der Waals surface area contributed by atoms with Crippen LogP contribution in [0.25, 0.3) is 0 Å². The highest BCUT2D eigenvalue weighted by molar-refractivity contribution is 9.10. The second kappa shape index (κ2) is 7.50. The molecule has 3 nitrogen and oxygen atoms in total. The van der Waals surface area contributed by atoms with Crippen LogP contribution in [0, 0.1) is 0 Å². The normalized spacial score (nSPS) is 12.3. The van der Waals surface area contributed by atoms with Crippen LogP contribution in [0.3, 0.4) is 0 Å². The third kappa shape index (κ3) is 3.87. The zero-order valence-corrected chi connectivity index (χ0v) is 13.4. The van der Waals surface area contributed by atoms with Crippen LogP contribution in [0.5, 0.6) is 5.75 Å². The third-order valence-electron chi connectivity index (χ3n) is 3.24. The van der Waals surface area contributed by atoms with Gasteiger partial charge >= 0.3 is 0 Å². The maximum atomic E-state index is 5.28. The molecule has 1 aromatic heterocycles. The molecule has 20 heavy (non-hydrogen) atoms. The quantitative estimate of drug-likeness (QED) is 0.816. The Hall–Kier alpha value is -1.26. The lowest BCUT2D eigenvalue weighted by molar-refractivity contribution is 0.411. The van der Waals surface area contributed by atoms with Crippen LogP contribution in [0.2, 0.25) is 0 Å². The summed E-state index contributed by atoms with van der Waals surface area (Å²) < 4.78 is 11.4. The van der Waals surface area contributed by atoms with Gasteiger partial charge < -0.3 is 14.5 Å². The predicted octanol–water partition coefficient (Wildman–Crippen LogP) is 4.33. The van der Waals surface area contributed by atoms with Gasteiger partial charge in [-0.25, -0.2) is 0 Å². The predicted molar refractivity (Wildman–Crippen MR) is 84.1 cm³/mol. The largest absolute Gasteiger partial charge is 0.496 e. The van der Waals surface area contributed by atoms with Crippen LogP contribution in [0.1, 0.15) is 30.5 Å². The standard InChI is InChI=1S/C16H20BrNO2/c1-3-7-18-15(9-12-6-8-20-11-12)13-4-5-16(19-2)14(17)10-13/h4-6,8,10-11,15,18H,3,7,9H2,1-2H3. The number of hydrogen-bond acceptors (Lipinski definition) is 3. The van der Waals surface area contributed by atoms with Crippen molar-refractivity contribution < 1.29 is 9.15 Å². The number of halogens is 1. The number of ether oxygens (including phenoxy) is 1. The molecule has 0 spiro atoms. The second-order valence-corrected chi connectivity index (χ2v) is 5.59. The van der Waals surface area contributed by atoms with Crippen LogP contribution in [-0.2, 0) is 6.42 Å². The fourth-order valence-electron chi connectivity index (χ4n) is 2.17. The van der Waals surface area contributed by atoms with Gasteiger partial charge in [0.05, 0.1) is 24.1 Å². The first-order chi connectivity index (χ1) is 9.74. The summed E-state index contributed by atoms with van der Waals surface area (Å²) in [6, 6.07) is 8.51. The molecule has 1 unspecified atom stereocenters. The highest BCUT2D eigenvalue weighted by Gasteiger charge is 2.14. The number of nitrogens with one attached hydrogen (secondary N) is 1. The Labute approximate surface area is 128 Å². The third-order valence-corrected chi connectivity index (χ3v) is 3.86. The van der Waals surface area contributed by atoms with E-state index in [-0.39, 0.29) is 6.04 Å². The first-order valence-corrected chi connectivity index (χ1v) is 7.61. The molecule has 1 N–H and O–H groups in total. The van der Waals surface area contributed by atoms with E-state index in [0.717, 1.165) is 29.6 Å². The first-order valence-electron chi connectivity index (χ1n) is 6.82. The van der Waals surface area contributed by atoms with Gasteiger partial charge in [0.25, 0.3) is 0 Å². The van der Waals surface area contributed by atoms with Crippen molar-refractivity contribution >= 4 is 15.9 Å². The van der Waals surface area contributed by atoms with E-state index in [0.29, 0.717) is 0 Å². The van der Waals surface area contributed by atoms with E-state index >= 15 is 0 Å².